The lowest BCUT2D eigenvalue weighted by Gasteiger charge is -2.30. The Morgan fingerprint density at radius 2 is 2.00 bits per heavy atom. The number of anilines is 1. The number of rotatable bonds is 7. The third-order valence-corrected chi connectivity index (χ3v) is 6.10. The van der Waals surface area contributed by atoms with E-state index in [1.165, 1.54) is 36.3 Å². The molecule has 1 saturated heterocycles. The van der Waals surface area contributed by atoms with Crippen molar-refractivity contribution in [2.24, 2.45) is 5.92 Å². The first-order valence-electron chi connectivity index (χ1n) is 8.44. The van der Waals surface area contributed by atoms with Crippen LogP contribution in [0.3, 0.4) is 0 Å². The number of carbonyl (C=O) groups excluding carboxylic acids is 1. The normalized spacial score (nSPS) is 17.7. The molecule has 1 unspecified atom stereocenters. The first-order valence-corrected chi connectivity index (χ1v) is 10.1. The molecule has 8 nitrogen and oxygen atoms in total. The van der Waals surface area contributed by atoms with E-state index in [2.05, 4.69) is 5.32 Å². The minimum Gasteiger partial charge on any atom is -0.481 e. The number of aliphatic carboxylic acids is 1. The minimum atomic E-state index is -3.38. The molecular weight excluding hydrogens is 360 g/mol. The van der Waals surface area contributed by atoms with Crippen molar-refractivity contribution in [2.75, 3.05) is 37.9 Å². The molecule has 2 N–H and O–H groups in total. The second kappa shape index (κ2) is 9.00. The molecule has 1 aliphatic rings. The summed E-state index contributed by atoms with van der Waals surface area (Å²) in [5, 5.41) is 11.8. The van der Waals surface area contributed by atoms with E-state index in [-0.39, 0.29) is 23.2 Å². The summed E-state index contributed by atoms with van der Waals surface area (Å²) in [5.74, 6) is -1.45. The summed E-state index contributed by atoms with van der Waals surface area (Å²) in [7, 11) is -1.86. The number of nitrogens with zero attached hydrogens (tertiary/aromatic N) is 1. The number of carbonyl (C=O) groups is 2. The summed E-state index contributed by atoms with van der Waals surface area (Å²) in [4.78, 5) is 25.0. The molecule has 1 heterocycles. The summed E-state index contributed by atoms with van der Waals surface area (Å²) in [5.41, 5.74) is 0.461. The van der Waals surface area contributed by atoms with E-state index in [0.29, 0.717) is 38.1 Å². The lowest BCUT2D eigenvalue weighted by Crippen LogP contribution is -2.44. The summed E-state index contributed by atoms with van der Waals surface area (Å²) < 4.78 is 29.2. The number of hydrogen-bond donors (Lipinski definition) is 2. The van der Waals surface area contributed by atoms with Gasteiger partial charge in [0.25, 0.3) is 0 Å². The van der Waals surface area contributed by atoms with Gasteiger partial charge in [0.15, 0.2) is 9.84 Å². The Balaban J connectivity index is 1.96. The number of sulfone groups is 1. The maximum atomic E-state index is 12.3. The summed E-state index contributed by atoms with van der Waals surface area (Å²) in [6.07, 6.45) is 1.62. The highest BCUT2D eigenvalue weighted by atomic mass is 32.2. The molecule has 9 heteroatoms. The third-order valence-electron chi connectivity index (χ3n) is 4.28. The highest BCUT2D eigenvalue weighted by Gasteiger charge is 2.28. The van der Waals surface area contributed by atoms with Crippen LogP contribution in [0.2, 0.25) is 0 Å². The molecule has 0 spiro atoms. The van der Waals surface area contributed by atoms with Crippen molar-refractivity contribution >= 4 is 27.5 Å². The van der Waals surface area contributed by atoms with Crippen molar-refractivity contribution in [3.05, 3.63) is 24.3 Å². The second-order valence-corrected chi connectivity index (χ2v) is 8.35. The summed E-state index contributed by atoms with van der Waals surface area (Å²) >= 11 is 0. The van der Waals surface area contributed by atoms with Crippen LogP contribution in [0, 0.1) is 5.92 Å². The van der Waals surface area contributed by atoms with Crippen molar-refractivity contribution in [2.45, 2.75) is 24.2 Å². The Labute approximate surface area is 153 Å². The zero-order chi connectivity index (χ0) is 19.2. The number of likely N-dealkylation sites (tertiary alicyclic amines) is 1. The van der Waals surface area contributed by atoms with Crippen molar-refractivity contribution < 1.29 is 27.9 Å². The van der Waals surface area contributed by atoms with Gasteiger partial charge in [0.2, 0.25) is 0 Å². The highest BCUT2D eigenvalue weighted by Crippen LogP contribution is 2.19. The smallest absolute Gasteiger partial charge is 0.321 e. The fraction of sp³-hybridized carbons (Fsp3) is 0.529. The van der Waals surface area contributed by atoms with E-state index in [1.54, 1.807) is 0 Å². The highest BCUT2D eigenvalue weighted by molar-refractivity contribution is 7.91. The van der Waals surface area contributed by atoms with Gasteiger partial charge in [0.1, 0.15) is 0 Å². The molecule has 0 aromatic heterocycles. The number of amides is 2. The predicted octanol–water partition coefficient (Wildman–Crippen LogP) is 1.83. The summed E-state index contributed by atoms with van der Waals surface area (Å²) in [6, 6.07) is 5.58. The monoisotopic (exact) mass is 384 g/mol. The van der Waals surface area contributed by atoms with Gasteiger partial charge in [-0.2, -0.15) is 0 Å². The van der Waals surface area contributed by atoms with Gasteiger partial charge in [-0.1, -0.05) is 0 Å². The first-order chi connectivity index (χ1) is 12.3. The van der Waals surface area contributed by atoms with E-state index >= 15 is 0 Å². The first kappa shape index (κ1) is 20.2. The van der Waals surface area contributed by atoms with Crippen molar-refractivity contribution in [1.29, 1.82) is 0 Å². The molecule has 26 heavy (non-hydrogen) atoms. The van der Waals surface area contributed by atoms with Crippen molar-refractivity contribution in [1.82, 2.24) is 4.90 Å². The Morgan fingerprint density at radius 1 is 1.31 bits per heavy atom. The van der Waals surface area contributed by atoms with Crippen LogP contribution in [0.1, 0.15) is 19.3 Å². The minimum absolute atomic E-state index is 0.00308. The standard InChI is InChI=1S/C17H24N2O6S/c1-25-10-3-11-26(23,24)15-7-5-14(6-8-15)18-17(22)19-9-2-4-13(12-19)16(20)21/h5-8,13H,2-4,9-12H2,1H3,(H,18,22)(H,20,21). The molecule has 1 atom stereocenters. The number of carboxylic acids is 1. The van der Waals surface area contributed by atoms with Gasteiger partial charge in [-0.15, -0.1) is 0 Å². The van der Waals surface area contributed by atoms with Gasteiger partial charge in [-0.25, -0.2) is 13.2 Å². The molecular formula is C17H24N2O6S. The zero-order valence-corrected chi connectivity index (χ0v) is 15.5. The van der Waals surface area contributed by atoms with Gasteiger partial charge in [0, 0.05) is 32.5 Å². The molecule has 0 saturated carbocycles. The number of ether oxygens (including phenoxy) is 1. The van der Waals surface area contributed by atoms with Crippen LogP contribution >= 0.6 is 0 Å². The average Bonchev–Trinajstić information content (AvgIpc) is 2.62. The van der Waals surface area contributed by atoms with E-state index in [0.717, 1.165) is 0 Å². The van der Waals surface area contributed by atoms with Crippen LogP contribution in [-0.4, -0.2) is 63.0 Å². The van der Waals surface area contributed by atoms with E-state index in [1.807, 2.05) is 0 Å². The van der Waals surface area contributed by atoms with Gasteiger partial charge >= 0.3 is 12.0 Å². The maximum Gasteiger partial charge on any atom is 0.321 e. The molecule has 1 aliphatic heterocycles. The molecule has 2 rings (SSSR count). The number of urea groups is 1. The maximum absolute atomic E-state index is 12.3. The van der Waals surface area contributed by atoms with Crippen molar-refractivity contribution in [3.8, 4) is 0 Å². The van der Waals surface area contributed by atoms with Crippen LogP contribution in [0.5, 0.6) is 0 Å². The van der Waals surface area contributed by atoms with Gasteiger partial charge < -0.3 is 20.1 Å². The SMILES string of the molecule is COCCCS(=O)(=O)c1ccc(NC(=O)N2CCCC(C(=O)O)C2)cc1. The average molecular weight is 384 g/mol. The number of carboxylic acid groups (broad SMARTS) is 1. The van der Waals surface area contributed by atoms with Gasteiger partial charge in [-0.05, 0) is 43.5 Å². The number of benzene rings is 1. The molecule has 2 amide bonds. The van der Waals surface area contributed by atoms with Crippen LogP contribution in [0.25, 0.3) is 0 Å². The predicted molar refractivity (Wildman–Crippen MR) is 95.9 cm³/mol. The van der Waals surface area contributed by atoms with E-state index in [4.69, 9.17) is 9.84 Å². The molecule has 1 aromatic carbocycles. The van der Waals surface area contributed by atoms with Crippen LogP contribution in [0.15, 0.2) is 29.2 Å². The van der Waals surface area contributed by atoms with E-state index < -0.39 is 21.7 Å². The quantitative estimate of drug-likeness (QED) is 0.694. The summed E-state index contributed by atoms with van der Waals surface area (Å²) in [6.45, 7) is 1.05. The Hall–Kier alpha value is -2.13. The van der Waals surface area contributed by atoms with Gasteiger partial charge in [0.05, 0.1) is 16.6 Å². The largest absolute Gasteiger partial charge is 0.481 e. The van der Waals surface area contributed by atoms with Crippen LogP contribution < -0.4 is 5.32 Å². The molecule has 144 valence electrons. The number of piperidine rings is 1. The second-order valence-electron chi connectivity index (χ2n) is 6.24. The number of methoxy groups -OCH3 is 1. The molecule has 0 radical (unpaired) electrons. The zero-order valence-electron chi connectivity index (χ0n) is 14.7. The lowest BCUT2D eigenvalue weighted by atomic mass is 9.99. The fourth-order valence-electron chi connectivity index (χ4n) is 2.82. The number of nitrogens with one attached hydrogen (secondary N) is 1. The Kier molecular flexibility index (Phi) is 6.98. The van der Waals surface area contributed by atoms with Gasteiger partial charge in [-0.3, -0.25) is 4.79 Å². The number of hydrogen-bond acceptors (Lipinski definition) is 5. The van der Waals surface area contributed by atoms with Crippen LogP contribution in [0.4, 0.5) is 10.5 Å². The molecule has 1 fully saturated rings. The molecule has 0 aliphatic carbocycles. The Morgan fingerprint density at radius 3 is 2.62 bits per heavy atom. The molecule has 1 aromatic rings. The Bertz CT molecular complexity index is 732. The topological polar surface area (TPSA) is 113 Å². The molecule has 0 bridgehead atoms. The third kappa shape index (κ3) is 5.43. The van der Waals surface area contributed by atoms with Crippen molar-refractivity contribution in [3.63, 3.8) is 0 Å². The lowest BCUT2D eigenvalue weighted by molar-refractivity contribution is -0.143. The fourth-order valence-corrected chi connectivity index (χ4v) is 4.11. The van der Waals surface area contributed by atoms with E-state index in [9.17, 15) is 18.0 Å². The van der Waals surface area contributed by atoms with Crippen LogP contribution in [-0.2, 0) is 19.4 Å².